The minimum Gasteiger partial charge on any atom is -0.496 e. The van der Waals surface area contributed by atoms with Gasteiger partial charge in [0.05, 0.1) is 7.11 Å². The summed E-state index contributed by atoms with van der Waals surface area (Å²) in [4.78, 5) is 20.4. The van der Waals surface area contributed by atoms with Gasteiger partial charge in [0.25, 0.3) is 0 Å². The first-order valence-electron chi connectivity index (χ1n) is 5.86. The molecule has 2 aromatic rings. The normalized spacial score (nSPS) is 9.00. The number of carboxylic acids is 1. The van der Waals surface area contributed by atoms with Gasteiger partial charge >= 0.3 is 12.1 Å². The van der Waals surface area contributed by atoms with Crippen molar-refractivity contribution in [3.05, 3.63) is 60.2 Å². The number of methoxy groups -OCH3 is 1. The first-order valence-corrected chi connectivity index (χ1v) is 5.86. The Kier molecular flexibility index (Phi) is 6.27. The number of benzene rings is 2. The molecule has 110 valence electrons. The average Bonchev–Trinajstić information content (AvgIpc) is 2.48. The van der Waals surface area contributed by atoms with Gasteiger partial charge in [-0.15, -0.1) is 0 Å². The Morgan fingerprint density at radius 3 is 1.95 bits per heavy atom. The molecule has 0 saturated carbocycles. The van der Waals surface area contributed by atoms with Crippen molar-refractivity contribution in [2.45, 2.75) is 0 Å². The lowest BCUT2D eigenvalue weighted by molar-refractivity contribution is 0.0693. The van der Waals surface area contributed by atoms with Crippen LogP contribution in [0.4, 0.5) is 4.79 Å². The van der Waals surface area contributed by atoms with Gasteiger partial charge in [-0.1, -0.05) is 30.3 Å². The number of hydrogen-bond acceptors (Lipinski definition) is 4. The molecule has 2 aromatic carbocycles. The van der Waals surface area contributed by atoms with E-state index in [1.807, 2.05) is 0 Å². The standard InChI is InChI=1S/C8H8O3.C7H6O3/c1-11-7-5-3-2-4-6(7)8(9)10;8-7(9)10-6-4-2-1-3-5-6/h2-5H,1H3,(H,9,10);1-5H,(H,8,9). The topological polar surface area (TPSA) is 93.1 Å². The van der Waals surface area contributed by atoms with Crippen LogP contribution in [-0.4, -0.2) is 29.4 Å². The molecule has 2 N–H and O–H groups in total. The van der Waals surface area contributed by atoms with Crippen LogP contribution in [0.25, 0.3) is 0 Å². The molecule has 6 heteroatoms. The van der Waals surface area contributed by atoms with Crippen LogP contribution in [0.2, 0.25) is 0 Å². The lowest BCUT2D eigenvalue weighted by Gasteiger charge is -2.01. The maximum atomic E-state index is 10.5. The number of carbonyl (C=O) groups is 2. The Hall–Kier alpha value is -3.02. The fourth-order valence-corrected chi connectivity index (χ4v) is 1.41. The zero-order valence-corrected chi connectivity index (χ0v) is 11.2. The summed E-state index contributed by atoms with van der Waals surface area (Å²) in [6, 6.07) is 14.9. The van der Waals surface area contributed by atoms with Gasteiger partial charge in [0, 0.05) is 0 Å². The quantitative estimate of drug-likeness (QED) is 0.666. The van der Waals surface area contributed by atoms with Crippen LogP contribution in [-0.2, 0) is 0 Å². The molecule has 0 spiro atoms. The third-order valence-corrected chi connectivity index (χ3v) is 2.29. The van der Waals surface area contributed by atoms with E-state index in [0.717, 1.165) is 0 Å². The highest BCUT2D eigenvalue weighted by Gasteiger charge is 2.07. The Balaban J connectivity index is 0.000000211. The largest absolute Gasteiger partial charge is 0.511 e. The van der Waals surface area contributed by atoms with E-state index >= 15 is 0 Å². The van der Waals surface area contributed by atoms with Gasteiger partial charge in [0.1, 0.15) is 17.1 Å². The summed E-state index contributed by atoms with van der Waals surface area (Å²) in [5.41, 5.74) is 0.190. The number of rotatable bonds is 3. The molecule has 0 aromatic heterocycles. The van der Waals surface area contributed by atoms with Crippen molar-refractivity contribution in [1.29, 1.82) is 0 Å². The van der Waals surface area contributed by atoms with Crippen LogP contribution in [0.15, 0.2) is 54.6 Å². The van der Waals surface area contributed by atoms with Crippen molar-refractivity contribution in [2.75, 3.05) is 7.11 Å². The molecule has 0 aliphatic heterocycles. The fourth-order valence-electron chi connectivity index (χ4n) is 1.41. The maximum Gasteiger partial charge on any atom is 0.511 e. The summed E-state index contributed by atoms with van der Waals surface area (Å²) in [7, 11) is 1.45. The minimum absolute atomic E-state index is 0.190. The second-order valence-corrected chi connectivity index (χ2v) is 3.69. The SMILES string of the molecule is COc1ccccc1C(=O)O.O=C(O)Oc1ccccc1. The van der Waals surface area contributed by atoms with Crippen LogP contribution in [0, 0.1) is 0 Å². The molecule has 0 aliphatic rings. The van der Waals surface area contributed by atoms with Gasteiger partial charge in [0.15, 0.2) is 0 Å². The average molecular weight is 290 g/mol. The zero-order valence-electron chi connectivity index (χ0n) is 11.2. The van der Waals surface area contributed by atoms with Crippen molar-refractivity contribution >= 4 is 12.1 Å². The first-order chi connectivity index (χ1) is 10.0. The third kappa shape index (κ3) is 5.65. The predicted molar refractivity (Wildman–Crippen MR) is 75.0 cm³/mol. The lowest BCUT2D eigenvalue weighted by atomic mass is 10.2. The fraction of sp³-hybridized carbons (Fsp3) is 0.0667. The molecule has 0 radical (unpaired) electrons. The number of para-hydroxylation sites is 2. The van der Waals surface area contributed by atoms with Gasteiger partial charge in [-0.25, -0.2) is 9.59 Å². The van der Waals surface area contributed by atoms with Crippen LogP contribution >= 0.6 is 0 Å². The molecular weight excluding hydrogens is 276 g/mol. The van der Waals surface area contributed by atoms with Crippen LogP contribution in [0.1, 0.15) is 10.4 Å². The van der Waals surface area contributed by atoms with Crippen molar-refractivity contribution in [1.82, 2.24) is 0 Å². The van der Waals surface area contributed by atoms with E-state index in [9.17, 15) is 9.59 Å². The molecule has 0 aliphatic carbocycles. The van der Waals surface area contributed by atoms with Crippen LogP contribution < -0.4 is 9.47 Å². The van der Waals surface area contributed by atoms with E-state index < -0.39 is 12.1 Å². The van der Waals surface area contributed by atoms with Gasteiger partial charge in [-0.05, 0) is 24.3 Å². The summed E-state index contributed by atoms with van der Waals surface area (Å²) in [6.07, 6.45) is -1.29. The van der Waals surface area contributed by atoms with E-state index in [0.29, 0.717) is 11.5 Å². The van der Waals surface area contributed by atoms with Gasteiger partial charge in [-0.3, -0.25) is 0 Å². The molecule has 0 amide bonds. The van der Waals surface area contributed by atoms with E-state index in [4.69, 9.17) is 14.9 Å². The molecule has 0 unspecified atom stereocenters. The van der Waals surface area contributed by atoms with E-state index in [-0.39, 0.29) is 5.56 Å². The van der Waals surface area contributed by atoms with Crippen molar-refractivity contribution in [2.24, 2.45) is 0 Å². The highest BCUT2D eigenvalue weighted by atomic mass is 16.7. The molecule has 0 saturated heterocycles. The van der Waals surface area contributed by atoms with Crippen molar-refractivity contribution < 1.29 is 29.3 Å². The van der Waals surface area contributed by atoms with Gasteiger partial charge < -0.3 is 19.7 Å². The summed E-state index contributed by atoms with van der Waals surface area (Å²) >= 11 is 0. The molecule has 0 bridgehead atoms. The predicted octanol–water partition coefficient (Wildman–Crippen LogP) is 3.14. The molecular formula is C15H14O6. The second-order valence-electron chi connectivity index (χ2n) is 3.69. The maximum absolute atomic E-state index is 10.5. The van der Waals surface area contributed by atoms with Crippen LogP contribution in [0.3, 0.4) is 0 Å². The highest BCUT2D eigenvalue weighted by molar-refractivity contribution is 5.90. The Morgan fingerprint density at radius 2 is 1.48 bits per heavy atom. The second kappa shape index (κ2) is 8.21. The third-order valence-electron chi connectivity index (χ3n) is 2.29. The van der Waals surface area contributed by atoms with Gasteiger partial charge in [-0.2, -0.15) is 0 Å². The Morgan fingerprint density at radius 1 is 0.905 bits per heavy atom. The Bertz CT molecular complexity index is 594. The number of hydrogen-bond donors (Lipinski definition) is 2. The summed E-state index contributed by atoms with van der Waals surface area (Å²) in [5, 5.41) is 16.8. The monoisotopic (exact) mass is 290 g/mol. The molecule has 21 heavy (non-hydrogen) atoms. The summed E-state index contributed by atoms with van der Waals surface area (Å²) in [6.45, 7) is 0. The smallest absolute Gasteiger partial charge is 0.496 e. The minimum atomic E-state index is -1.29. The Labute approximate surface area is 121 Å². The van der Waals surface area contributed by atoms with Gasteiger partial charge in [0.2, 0.25) is 0 Å². The van der Waals surface area contributed by atoms with Crippen molar-refractivity contribution in [3.8, 4) is 11.5 Å². The van der Waals surface area contributed by atoms with E-state index in [2.05, 4.69) is 4.74 Å². The first kappa shape index (κ1) is 16.0. The summed E-state index contributed by atoms with van der Waals surface area (Å²) < 4.78 is 9.16. The molecule has 2 rings (SSSR count). The molecule has 0 fully saturated rings. The summed E-state index contributed by atoms with van der Waals surface area (Å²) in [5.74, 6) is -0.238. The van der Waals surface area contributed by atoms with Crippen molar-refractivity contribution in [3.63, 3.8) is 0 Å². The van der Waals surface area contributed by atoms with E-state index in [1.54, 1.807) is 48.5 Å². The lowest BCUT2D eigenvalue weighted by Crippen LogP contribution is -2.02. The molecule has 6 nitrogen and oxygen atoms in total. The zero-order chi connectivity index (χ0) is 15.7. The number of ether oxygens (including phenoxy) is 2. The molecule has 0 atom stereocenters. The number of carboxylic acid groups (broad SMARTS) is 2. The van der Waals surface area contributed by atoms with Crippen LogP contribution in [0.5, 0.6) is 11.5 Å². The number of aromatic carboxylic acids is 1. The van der Waals surface area contributed by atoms with E-state index in [1.165, 1.54) is 13.2 Å². The highest BCUT2D eigenvalue weighted by Crippen LogP contribution is 2.16. The molecule has 0 heterocycles.